The summed E-state index contributed by atoms with van der Waals surface area (Å²) < 4.78 is 35.0. The molecule has 0 fully saturated rings. The van der Waals surface area contributed by atoms with Gasteiger partial charge in [0.05, 0.1) is 34.4 Å². The topological polar surface area (TPSA) is 91.3 Å². The van der Waals surface area contributed by atoms with Crippen molar-refractivity contribution in [2.45, 2.75) is 168 Å². The molecule has 1 N–H and O–H groups in total. The molecule has 0 heterocycles. The van der Waals surface area contributed by atoms with Crippen LogP contribution in [-0.2, 0) is 27.9 Å². The minimum Gasteiger partial charge on any atom is -0.457 e. The van der Waals surface area contributed by atoms with Gasteiger partial charge in [-0.2, -0.15) is 0 Å². The molecule has 60 heavy (non-hydrogen) atoms. The normalized spacial score (nSPS) is 14.6. The van der Waals surface area contributed by atoms with Gasteiger partial charge >= 0.3 is 13.8 Å². The molecule has 0 radical (unpaired) electrons. The van der Waals surface area contributed by atoms with Crippen LogP contribution in [0.5, 0.6) is 0 Å². The largest absolute Gasteiger partial charge is 0.472 e. The summed E-state index contributed by atoms with van der Waals surface area (Å²) in [6, 6.07) is 0. The number of phosphoric ester groups is 1. The number of likely N-dealkylation sites (N-methyl/N-ethyl adjacent to an activating group) is 1. The van der Waals surface area contributed by atoms with Crippen molar-refractivity contribution in [3.8, 4) is 0 Å². The standard InChI is InChI=1S/C51H88NO7P/c1-6-8-10-12-14-16-18-20-21-22-23-24-25-26-27-28-29-30-31-32-34-36-38-40-42-44-51(53)59-50(49-58-60(54,55)57-47-45-52(3,4)5)48-56-46-43-41-39-37-35-33-19-17-15-13-11-9-7-2/h8,10,14-17,20-21,23-24,26-27,29-30,32,34,50H,6-7,9,11-13,18-19,22,25,28,31,33,35-49H2,1-5H3/p+1/b10-8-,16-14-,17-15-,21-20-,24-23-,27-26-,30-29-,34-32-. The molecule has 0 aliphatic rings. The Labute approximate surface area is 368 Å². The van der Waals surface area contributed by atoms with Gasteiger partial charge < -0.3 is 18.9 Å². The molecule has 0 saturated carbocycles. The number of phosphoric acid groups is 1. The molecule has 0 bridgehead atoms. The number of nitrogens with zero attached hydrogens (tertiary/aromatic N) is 1. The second-order valence-corrected chi connectivity index (χ2v) is 17.9. The van der Waals surface area contributed by atoms with E-state index in [-0.39, 0.29) is 32.2 Å². The van der Waals surface area contributed by atoms with Gasteiger partial charge in [-0.15, -0.1) is 0 Å². The minimum atomic E-state index is -4.29. The van der Waals surface area contributed by atoms with E-state index in [1.54, 1.807) is 0 Å². The molecule has 9 heteroatoms. The fourth-order valence-electron chi connectivity index (χ4n) is 5.76. The zero-order valence-electron chi connectivity index (χ0n) is 38.9. The second-order valence-electron chi connectivity index (χ2n) is 16.4. The average Bonchev–Trinajstić information content (AvgIpc) is 3.20. The van der Waals surface area contributed by atoms with Crippen LogP contribution >= 0.6 is 7.82 Å². The highest BCUT2D eigenvalue weighted by molar-refractivity contribution is 7.47. The first-order chi connectivity index (χ1) is 29.1. The number of allylic oxidation sites excluding steroid dienone is 16. The van der Waals surface area contributed by atoms with Gasteiger partial charge in [0.1, 0.15) is 19.3 Å². The summed E-state index contributed by atoms with van der Waals surface area (Å²) in [6.45, 7) is 5.40. The van der Waals surface area contributed by atoms with Crippen molar-refractivity contribution < 1.29 is 37.3 Å². The first-order valence-corrected chi connectivity index (χ1v) is 25.0. The van der Waals surface area contributed by atoms with E-state index in [0.29, 0.717) is 17.6 Å². The van der Waals surface area contributed by atoms with Crippen LogP contribution in [0.4, 0.5) is 0 Å². The van der Waals surface area contributed by atoms with Crippen molar-refractivity contribution in [1.82, 2.24) is 0 Å². The number of carbonyl (C=O) groups excluding carboxylic acids is 1. The van der Waals surface area contributed by atoms with E-state index >= 15 is 0 Å². The third kappa shape index (κ3) is 46.5. The summed E-state index contributed by atoms with van der Waals surface area (Å²) in [6.07, 6.45) is 58.7. The van der Waals surface area contributed by atoms with Crippen molar-refractivity contribution in [2.75, 3.05) is 54.1 Å². The highest BCUT2D eigenvalue weighted by Gasteiger charge is 2.26. The highest BCUT2D eigenvalue weighted by Crippen LogP contribution is 2.43. The van der Waals surface area contributed by atoms with Crippen LogP contribution in [-0.4, -0.2) is 75.6 Å². The molecule has 0 saturated heterocycles. The molecule has 344 valence electrons. The monoisotopic (exact) mass is 859 g/mol. The molecule has 0 aliphatic heterocycles. The van der Waals surface area contributed by atoms with Crippen molar-refractivity contribution in [3.63, 3.8) is 0 Å². The zero-order valence-corrected chi connectivity index (χ0v) is 39.8. The number of rotatable bonds is 42. The van der Waals surface area contributed by atoms with E-state index in [4.69, 9.17) is 18.5 Å². The summed E-state index contributed by atoms with van der Waals surface area (Å²) in [7, 11) is 1.62. The van der Waals surface area contributed by atoms with Gasteiger partial charge in [-0.3, -0.25) is 13.8 Å². The van der Waals surface area contributed by atoms with Crippen molar-refractivity contribution in [2.24, 2.45) is 0 Å². The highest BCUT2D eigenvalue weighted by atomic mass is 31.2. The maximum Gasteiger partial charge on any atom is 0.472 e. The smallest absolute Gasteiger partial charge is 0.457 e. The summed E-state index contributed by atoms with van der Waals surface area (Å²) >= 11 is 0. The maximum atomic E-state index is 12.7. The van der Waals surface area contributed by atoms with Crippen molar-refractivity contribution >= 4 is 13.8 Å². The number of hydrogen-bond donors (Lipinski definition) is 1. The van der Waals surface area contributed by atoms with Crippen molar-refractivity contribution in [1.29, 1.82) is 0 Å². The van der Waals surface area contributed by atoms with Gasteiger partial charge in [0, 0.05) is 13.0 Å². The summed E-state index contributed by atoms with van der Waals surface area (Å²) in [4.78, 5) is 22.9. The van der Waals surface area contributed by atoms with Crippen LogP contribution in [0.3, 0.4) is 0 Å². The Morgan fingerprint density at radius 2 is 0.967 bits per heavy atom. The lowest BCUT2D eigenvalue weighted by molar-refractivity contribution is -0.870. The molecule has 2 atom stereocenters. The summed E-state index contributed by atoms with van der Waals surface area (Å²) in [5.41, 5.74) is 0. The molecule has 0 amide bonds. The quantitative estimate of drug-likeness (QED) is 0.0215. The predicted octanol–water partition coefficient (Wildman–Crippen LogP) is 14.2. The Balaban J connectivity index is 4.29. The van der Waals surface area contributed by atoms with Gasteiger partial charge in [0.25, 0.3) is 0 Å². The SMILES string of the molecule is CC/C=C\C/C=C\C/C=C\C/C=C\C/C=C\C/C=C\C/C=C\CCCCCC(=O)OC(COCCCCCCCC/C=C\CCCCC)COP(=O)(O)OCC[N+](C)(C)C. The van der Waals surface area contributed by atoms with E-state index in [1.807, 2.05) is 21.1 Å². The Morgan fingerprint density at radius 3 is 1.47 bits per heavy atom. The van der Waals surface area contributed by atoms with E-state index in [1.165, 1.54) is 57.8 Å². The van der Waals surface area contributed by atoms with Crippen molar-refractivity contribution in [3.05, 3.63) is 97.2 Å². The molecule has 0 rings (SSSR count). The van der Waals surface area contributed by atoms with Crippen LogP contribution in [0.1, 0.15) is 162 Å². The van der Waals surface area contributed by atoms with E-state index in [9.17, 15) is 14.3 Å². The Kier molecular flexibility index (Phi) is 41.2. The fourth-order valence-corrected chi connectivity index (χ4v) is 6.50. The average molecular weight is 859 g/mol. The molecule has 0 aromatic carbocycles. The number of quaternary nitrogens is 1. The Bertz CT molecular complexity index is 1270. The number of hydrogen-bond acceptors (Lipinski definition) is 6. The number of ether oxygens (including phenoxy) is 2. The Hall–Kier alpha value is -2.58. The lowest BCUT2D eigenvalue weighted by Crippen LogP contribution is -2.37. The molecule has 0 aromatic rings. The number of unbranched alkanes of at least 4 members (excludes halogenated alkanes) is 12. The minimum absolute atomic E-state index is 0.0751. The lowest BCUT2D eigenvalue weighted by atomic mass is 10.1. The van der Waals surface area contributed by atoms with Gasteiger partial charge in [-0.05, 0) is 96.3 Å². The molecule has 0 spiro atoms. The molecular weight excluding hydrogens is 770 g/mol. The molecule has 0 aromatic heterocycles. The van der Waals surface area contributed by atoms with Crippen LogP contribution in [0.2, 0.25) is 0 Å². The predicted molar refractivity (Wildman–Crippen MR) is 256 cm³/mol. The third-order valence-electron chi connectivity index (χ3n) is 9.38. The molecular formula is C51H89NO7P+. The maximum absolute atomic E-state index is 12.7. The first kappa shape index (κ1) is 57.4. The number of carbonyl (C=O) groups is 1. The number of esters is 1. The molecule has 2 unspecified atom stereocenters. The van der Waals surface area contributed by atoms with Gasteiger partial charge in [0.2, 0.25) is 0 Å². The summed E-state index contributed by atoms with van der Waals surface area (Å²) in [5.74, 6) is -0.352. The molecule has 8 nitrogen and oxygen atoms in total. The van der Waals surface area contributed by atoms with Gasteiger partial charge in [0.15, 0.2) is 0 Å². The van der Waals surface area contributed by atoms with E-state index < -0.39 is 13.9 Å². The lowest BCUT2D eigenvalue weighted by Gasteiger charge is -2.24. The van der Waals surface area contributed by atoms with E-state index in [2.05, 4.69) is 111 Å². The van der Waals surface area contributed by atoms with Crippen LogP contribution in [0.15, 0.2) is 97.2 Å². The van der Waals surface area contributed by atoms with Crippen LogP contribution in [0, 0.1) is 0 Å². The third-order valence-corrected chi connectivity index (χ3v) is 10.4. The second kappa shape index (κ2) is 43.1. The van der Waals surface area contributed by atoms with Gasteiger partial charge in [-0.1, -0.05) is 156 Å². The zero-order chi connectivity index (χ0) is 44.1. The van der Waals surface area contributed by atoms with Crippen LogP contribution in [0.25, 0.3) is 0 Å². The first-order valence-electron chi connectivity index (χ1n) is 23.5. The van der Waals surface area contributed by atoms with Gasteiger partial charge in [-0.25, -0.2) is 4.57 Å². The van der Waals surface area contributed by atoms with Crippen LogP contribution < -0.4 is 0 Å². The Morgan fingerprint density at radius 1 is 0.533 bits per heavy atom. The van der Waals surface area contributed by atoms with E-state index in [0.717, 1.165) is 83.5 Å². The summed E-state index contributed by atoms with van der Waals surface area (Å²) in [5, 5.41) is 0. The molecule has 0 aliphatic carbocycles. The fraction of sp³-hybridized carbons (Fsp3) is 0.667.